The van der Waals surface area contributed by atoms with Gasteiger partial charge in [-0.15, -0.1) is 0 Å². The number of H-pyrrole nitrogens is 2. The molecule has 0 aliphatic carbocycles. The Bertz CT molecular complexity index is 1090. The van der Waals surface area contributed by atoms with Crippen LogP contribution in [0.1, 0.15) is 49.2 Å². The second kappa shape index (κ2) is 6.17. The minimum atomic E-state index is -0.571. The lowest BCUT2D eigenvalue weighted by molar-refractivity contribution is -0.690. The number of quaternary nitrogens is 1. The third kappa shape index (κ3) is 2.39. The molecule has 2 aromatic heterocycles. The standard InChI is InChI=1S/C19H22N4O3/c1-3-10(2)23-18(25)14(17(24)22-19(23)26)16-15-12(8-9-20-16)11-6-4-5-7-13(11)21-15/h4-7,10,16,20-21,25H,3,8-9H2,1-2H3,(H,22,24,26)/p+1/t10-,16-/m0/s1. The maximum atomic E-state index is 12.6. The van der Waals surface area contributed by atoms with Gasteiger partial charge in [0, 0.05) is 23.4 Å². The van der Waals surface area contributed by atoms with Gasteiger partial charge < -0.3 is 15.4 Å². The van der Waals surface area contributed by atoms with Crippen LogP contribution in [-0.2, 0) is 6.42 Å². The van der Waals surface area contributed by atoms with E-state index in [2.05, 4.69) is 16.0 Å². The zero-order valence-electron chi connectivity index (χ0n) is 14.9. The number of rotatable bonds is 3. The fourth-order valence-corrected chi connectivity index (χ4v) is 3.95. The number of fused-ring (bicyclic) bond motifs is 3. The van der Waals surface area contributed by atoms with Crippen LogP contribution in [0.5, 0.6) is 5.88 Å². The quantitative estimate of drug-likeness (QED) is 0.561. The van der Waals surface area contributed by atoms with Crippen LogP contribution in [0.3, 0.4) is 0 Å². The van der Waals surface area contributed by atoms with Gasteiger partial charge in [0.05, 0.1) is 12.2 Å². The molecule has 0 fully saturated rings. The Hall–Kier alpha value is -2.80. The van der Waals surface area contributed by atoms with Crippen LogP contribution < -0.4 is 16.6 Å². The largest absolute Gasteiger partial charge is 0.494 e. The molecule has 3 heterocycles. The topological polar surface area (TPSA) is 107 Å². The van der Waals surface area contributed by atoms with Gasteiger partial charge in [0.1, 0.15) is 5.56 Å². The van der Waals surface area contributed by atoms with E-state index in [0.717, 1.165) is 29.6 Å². The lowest BCUT2D eigenvalue weighted by atomic mass is 9.95. The zero-order chi connectivity index (χ0) is 18.4. The second-order valence-electron chi connectivity index (χ2n) is 6.94. The van der Waals surface area contributed by atoms with Crippen molar-refractivity contribution in [3.05, 3.63) is 61.9 Å². The molecule has 0 saturated heterocycles. The molecule has 0 spiro atoms. The van der Waals surface area contributed by atoms with Crippen LogP contribution in [0.15, 0.2) is 33.9 Å². The number of aromatic amines is 2. The normalized spacial score (nSPS) is 18.0. The third-order valence-electron chi connectivity index (χ3n) is 5.45. The highest BCUT2D eigenvalue weighted by molar-refractivity contribution is 5.85. The first-order chi connectivity index (χ1) is 12.5. The number of hydrogen-bond donors (Lipinski definition) is 4. The van der Waals surface area contributed by atoms with Crippen LogP contribution in [0.2, 0.25) is 0 Å². The van der Waals surface area contributed by atoms with E-state index in [1.165, 1.54) is 10.1 Å². The van der Waals surface area contributed by atoms with Crippen molar-refractivity contribution in [3.8, 4) is 5.88 Å². The summed E-state index contributed by atoms with van der Waals surface area (Å²) in [6, 6.07) is 7.47. The smallest absolute Gasteiger partial charge is 0.331 e. The van der Waals surface area contributed by atoms with Gasteiger partial charge in [0.15, 0.2) is 6.04 Å². The lowest BCUT2D eigenvalue weighted by Crippen LogP contribution is -2.87. The van der Waals surface area contributed by atoms with E-state index in [9.17, 15) is 14.7 Å². The number of aromatic nitrogens is 3. The molecule has 1 aromatic carbocycles. The van der Waals surface area contributed by atoms with Crippen LogP contribution in [0, 0.1) is 0 Å². The molecule has 0 unspecified atom stereocenters. The van der Waals surface area contributed by atoms with E-state index in [-0.39, 0.29) is 23.5 Å². The average Bonchev–Trinajstić information content (AvgIpc) is 3.00. The molecule has 136 valence electrons. The van der Waals surface area contributed by atoms with E-state index in [4.69, 9.17) is 0 Å². The van der Waals surface area contributed by atoms with Gasteiger partial charge in [-0.3, -0.25) is 14.3 Å². The Morgan fingerprint density at radius 3 is 2.85 bits per heavy atom. The molecular formula is C19H23N4O3+. The second-order valence-corrected chi connectivity index (χ2v) is 6.94. The summed E-state index contributed by atoms with van der Waals surface area (Å²) in [7, 11) is 0. The summed E-state index contributed by atoms with van der Waals surface area (Å²) in [6.07, 6.45) is 1.56. The highest BCUT2D eigenvalue weighted by Crippen LogP contribution is 2.32. The average molecular weight is 355 g/mol. The molecule has 0 bridgehead atoms. The summed E-state index contributed by atoms with van der Waals surface area (Å²) in [4.78, 5) is 30.6. The summed E-state index contributed by atoms with van der Waals surface area (Å²) in [5.74, 6) is -0.235. The molecule has 26 heavy (non-hydrogen) atoms. The predicted octanol–water partition coefficient (Wildman–Crippen LogP) is 0.903. The number of benzene rings is 1. The Kier molecular flexibility index (Phi) is 3.96. The molecule has 7 heteroatoms. The molecule has 1 aliphatic rings. The Labute approximate surface area is 149 Å². The van der Waals surface area contributed by atoms with Crippen molar-refractivity contribution in [1.82, 2.24) is 14.5 Å². The first kappa shape index (κ1) is 16.7. The Balaban J connectivity index is 1.96. The van der Waals surface area contributed by atoms with Crippen LogP contribution >= 0.6 is 0 Å². The van der Waals surface area contributed by atoms with Gasteiger partial charge in [-0.25, -0.2) is 4.79 Å². The monoisotopic (exact) mass is 355 g/mol. The maximum absolute atomic E-state index is 12.6. The molecule has 1 aliphatic heterocycles. The van der Waals surface area contributed by atoms with Crippen molar-refractivity contribution in [2.45, 2.75) is 38.8 Å². The molecule has 2 atom stereocenters. The number of hydrogen-bond acceptors (Lipinski definition) is 3. The van der Waals surface area contributed by atoms with Gasteiger partial charge in [-0.05, 0) is 25.0 Å². The third-order valence-corrected chi connectivity index (χ3v) is 5.45. The molecule has 5 N–H and O–H groups in total. The van der Waals surface area contributed by atoms with E-state index in [1.54, 1.807) is 0 Å². The Morgan fingerprint density at radius 1 is 1.31 bits per heavy atom. The van der Waals surface area contributed by atoms with Crippen molar-refractivity contribution >= 4 is 10.9 Å². The molecule has 4 rings (SSSR count). The van der Waals surface area contributed by atoms with Crippen molar-refractivity contribution in [3.63, 3.8) is 0 Å². The fourth-order valence-electron chi connectivity index (χ4n) is 3.95. The van der Waals surface area contributed by atoms with Gasteiger partial charge in [0.2, 0.25) is 5.88 Å². The zero-order valence-corrected chi connectivity index (χ0v) is 14.9. The molecule has 3 aromatic rings. The minimum absolute atomic E-state index is 0.205. The summed E-state index contributed by atoms with van der Waals surface area (Å²) in [5, 5.41) is 14.0. The molecule has 0 saturated carbocycles. The predicted molar refractivity (Wildman–Crippen MR) is 98.6 cm³/mol. The first-order valence-corrected chi connectivity index (χ1v) is 9.03. The van der Waals surface area contributed by atoms with Crippen molar-refractivity contribution in [2.75, 3.05) is 6.54 Å². The lowest BCUT2D eigenvalue weighted by Gasteiger charge is -2.23. The number of aromatic hydroxyl groups is 1. The van der Waals surface area contributed by atoms with Crippen LogP contribution in [-0.4, -0.2) is 26.2 Å². The van der Waals surface area contributed by atoms with Crippen LogP contribution in [0.4, 0.5) is 0 Å². The number of nitrogens with one attached hydrogen (secondary N) is 2. The van der Waals surface area contributed by atoms with Gasteiger partial charge in [-0.1, -0.05) is 25.1 Å². The van der Waals surface area contributed by atoms with E-state index in [0.29, 0.717) is 6.42 Å². The number of nitrogens with two attached hydrogens (primary N) is 1. The first-order valence-electron chi connectivity index (χ1n) is 9.03. The Morgan fingerprint density at radius 2 is 2.08 bits per heavy atom. The SMILES string of the molecule is CC[C@H](C)n1c(O)c([C@@H]2[NH2+]CCc3c2[nH]c2ccccc32)c(=O)[nH]c1=O. The van der Waals surface area contributed by atoms with Gasteiger partial charge >= 0.3 is 5.69 Å². The van der Waals surface area contributed by atoms with Gasteiger partial charge in [0.25, 0.3) is 5.56 Å². The van der Waals surface area contributed by atoms with E-state index in [1.807, 2.05) is 37.4 Å². The van der Waals surface area contributed by atoms with Crippen LogP contribution in [0.25, 0.3) is 10.9 Å². The number of nitrogens with zero attached hydrogens (tertiary/aromatic N) is 1. The molecule has 0 radical (unpaired) electrons. The highest BCUT2D eigenvalue weighted by Gasteiger charge is 2.34. The molecular weight excluding hydrogens is 332 g/mol. The molecule has 0 amide bonds. The maximum Gasteiger partial charge on any atom is 0.331 e. The summed E-state index contributed by atoms with van der Waals surface area (Å²) in [6.45, 7) is 4.59. The molecule has 7 nitrogen and oxygen atoms in total. The fraction of sp³-hybridized carbons (Fsp3) is 0.368. The van der Waals surface area contributed by atoms with Crippen molar-refractivity contribution in [2.24, 2.45) is 0 Å². The van der Waals surface area contributed by atoms with Crippen molar-refractivity contribution < 1.29 is 10.4 Å². The summed E-state index contributed by atoms with van der Waals surface area (Å²) < 4.78 is 1.28. The van der Waals surface area contributed by atoms with E-state index >= 15 is 0 Å². The van der Waals surface area contributed by atoms with Gasteiger partial charge in [-0.2, -0.15) is 0 Å². The number of para-hydroxylation sites is 1. The van der Waals surface area contributed by atoms with E-state index < -0.39 is 11.2 Å². The highest BCUT2D eigenvalue weighted by atomic mass is 16.3. The van der Waals surface area contributed by atoms with Crippen molar-refractivity contribution in [1.29, 1.82) is 0 Å². The summed E-state index contributed by atoms with van der Waals surface area (Å²) >= 11 is 0. The summed E-state index contributed by atoms with van der Waals surface area (Å²) in [5.41, 5.74) is 2.25. The minimum Gasteiger partial charge on any atom is -0.494 e.